The van der Waals surface area contributed by atoms with Crippen LogP contribution in [0.25, 0.3) is 0 Å². The van der Waals surface area contributed by atoms with Crippen LogP contribution in [0.4, 0.5) is 4.39 Å². The number of likely N-dealkylation sites (tertiary alicyclic amines) is 1. The molecule has 110 valence electrons. The molecular weight excluding hydrogens is 275 g/mol. The fraction of sp³-hybridized carbons (Fsp3) is 0.533. The van der Waals surface area contributed by atoms with Crippen LogP contribution < -0.4 is 5.73 Å². The zero-order valence-electron chi connectivity index (χ0n) is 11.8. The Morgan fingerprint density at radius 2 is 2.10 bits per heavy atom. The first-order chi connectivity index (χ1) is 9.58. The van der Waals surface area contributed by atoms with Crippen molar-refractivity contribution in [2.75, 3.05) is 26.8 Å². The highest BCUT2D eigenvalue weighted by Crippen LogP contribution is 2.20. The first-order valence-corrected chi connectivity index (χ1v) is 7.30. The van der Waals surface area contributed by atoms with Crippen LogP contribution in [0, 0.1) is 11.7 Å². The summed E-state index contributed by atoms with van der Waals surface area (Å²) in [4.78, 5) is 2.58. The number of rotatable bonds is 5. The number of thiocarbonyl (C=S) groups is 1. The molecule has 0 spiro atoms. The predicted molar refractivity (Wildman–Crippen MR) is 82.2 cm³/mol. The number of methoxy groups -OCH3 is 1. The summed E-state index contributed by atoms with van der Waals surface area (Å²) in [6, 6.07) is 4.83. The minimum absolute atomic E-state index is 0.240. The van der Waals surface area contributed by atoms with Crippen molar-refractivity contribution >= 4 is 17.2 Å². The number of ether oxygens (including phenoxy) is 1. The Morgan fingerprint density at radius 1 is 1.40 bits per heavy atom. The Kier molecular flexibility index (Phi) is 5.46. The maximum Gasteiger partial charge on any atom is 0.124 e. The van der Waals surface area contributed by atoms with Crippen LogP contribution in [0.2, 0.25) is 0 Å². The summed E-state index contributed by atoms with van der Waals surface area (Å²) >= 11 is 4.91. The minimum atomic E-state index is -0.278. The lowest BCUT2D eigenvalue weighted by Crippen LogP contribution is -2.34. The summed E-state index contributed by atoms with van der Waals surface area (Å²) < 4.78 is 18.8. The van der Waals surface area contributed by atoms with Crippen LogP contribution in [-0.4, -0.2) is 36.7 Å². The molecule has 3 nitrogen and oxygen atoms in total. The normalized spacial score (nSPS) is 17.3. The highest BCUT2D eigenvalue weighted by molar-refractivity contribution is 7.80. The number of benzene rings is 1. The highest BCUT2D eigenvalue weighted by Gasteiger charge is 2.19. The molecule has 1 heterocycles. The van der Waals surface area contributed by atoms with Crippen molar-refractivity contribution in [3.05, 3.63) is 35.1 Å². The van der Waals surface area contributed by atoms with Crippen LogP contribution in [-0.2, 0) is 11.3 Å². The molecule has 0 radical (unpaired) electrons. The fourth-order valence-electron chi connectivity index (χ4n) is 2.69. The zero-order chi connectivity index (χ0) is 14.5. The van der Waals surface area contributed by atoms with Gasteiger partial charge in [0.05, 0.1) is 0 Å². The molecule has 0 saturated carbocycles. The molecule has 1 fully saturated rings. The lowest BCUT2D eigenvalue weighted by atomic mass is 9.97. The van der Waals surface area contributed by atoms with E-state index >= 15 is 0 Å². The molecule has 1 aromatic carbocycles. The second kappa shape index (κ2) is 7.11. The Balaban J connectivity index is 1.96. The van der Waals surface area contributed by atoms with Gasteiger partial charge in [-0.15, -0.1) is 0 Å². The molecule has 0 aromatic heterocycles. The number of piperidine rings is 1. The van der Waals surface area contributed by atoms with Gasteiger partial charge in [0, 0.05) is 25.8 Å². The average molecular weight is 296 g/mol. The maximum absolute atomic E-state index is 13.6. The van der Waals surface area contributed by atoms with Crippen LogP contribution in [0.3, 0.4) is 0 Å². The monoisotopic (exact) mass is 296 g/mol. The van der Waals surface area contributed by atoms with Crippen LogP contribution in [0.5, 0.6) is 0 Å². The fourth-order valence-corrected chi connectivity index (χ4v) is 2.81. The largest absolute Gasteiger partial charge is 0.389 e. The molecule has 20 heavy (non-hydrogen) atoms. The SMILES string of the molecule is COCC1CCN(Cc2cc(F)cc(C(N)=S)c2)CC1. The highest BCUT2D eigenvalue weighted by atomic mass is 32.1. The summed E-state index contributed by atoms with van der Waals surface area (Å²) in [5, 5.41) is 0. The maximum atomic E-state index is 13.6. The first-order valence-electron chi connectivity index (χ1n) is 6.89. The van der Waals surface area contributed by atoms with E-state index in [4.69, 9.17) is 22.7 Å². The predicted octanol–water partition coefficient (Wildman–Crippen LogP) is 2.32. The van der Waals surface area contributed by atoms with E-state index in [-0.39, 0.29) is 10.8 Å². The van der Waals surface area contributed by atoms with Crippen molar-refractivity contribution in [1.82, 2.24) is 4.90 Å². The van der Waals surface area contributed by atoms with Gasteiger partial charge in [-0.3, -0.25) is 4.90 Å². The molecule has 5 heteroatoms. The molecule has 2 rings (SSSR count). The van der Waals surface area contributed by atoms with Gasteiger partial charge in [-0.25, -0.2) is 4.39 Å². The molecule has 2 N–H and O–H groups in total. The Hall–Kier alpha value is -1.04. The van der Waals surface area contributed by atoms with E-state index < -0.39 is 0 Å². The van der Waals surface area contributed by atoms with Crippen molar-refractivity contribution in [2.45, 2.75) is 19.4 Å². The summed E-state index contributed by atoms with van der Waals surface area (Å²) in [6.45, 7) is 3.62. The molecule has 0 atom stereocenters. The van der Waals surface area contributed by atoms with E-state index in [9.17, 15) is 4.39 Å². The van der Waals surface area contributed by atoms with Gasteiger partial charge in [0.2, 0.25) is 0 Å². The average Bonchev–Trinajstić information content (AvgIpc) is 2.40. The second-order valence-electron chi connectivity index (χ2n) is 5.39. The van der Waals surface area contributed by atoms with Crippen LogP contribution >= 0.6 is 12.2 Å². The van der Waals surface area contributed by atoms with Crippen molar-refractivity contribution in [2.24, 2.45) is 11.7 Å². The van der Waals surface area contributed by atoms with Gasteiger partial charge in [-0.1, -0.05) is 12.2 Å². The summed E-state index contributed by atoms with van der Waals surface area (Å²) in [7, 11) is 1.75. The van der Waals surface area contributed by atoms with E-state index in [1.54, 1.807) is 13.2 Å². The topological polar surface area (TPSA) is 38.5 Å². The molecule has 1 aliphatic rings. The molecule has 0 amide bonds. The van der Waals surface area contributed by atoms with Crippen molar-refractivity contribution < 1.29 is 9.13 Å². The van der Waals surface area contributed by atoms with Gasteiger partial charge in [0.25, 0.3) is 0 Å². The molecule has 1 aromatic rings. The van der Waals surface area contributed by atoms with Crippen molar-refractivity contribution in [3.63, 3.8) is 0 Å². The van der Waals surface area contributed by atoms with Crippen molar-refractivity contribution in [3.8, 4) is 0 Å². The van der Waals surface area contributed by atoms with E-state index in [1.807, 2.05) is 6.07 Å². The molecule has 1 aliphatic heterocycles. The third-order valence-corrected chi connectivity index (χ3v) is 3.99. The van der Waals surface area contributed by atoms with Gasteiger partial charge < -0.3 is 10.5 Å². The number of hydrogen-bond donors (Lipinski definition) is 1. The molecular formula is C15H21FN2OS. The standard InChI is InChI=1S/C15H21FN2OS/c1-19-10-11-2-4-18(5-3-11)9-12-6-13(15(17)20)8-14(16)7-12/h6-8,11H,2-5,9-10H2,1H3,(H2,17,20). The van der Waals surface area contributed by atoms with Crippen LogP contribution in [0.1, 0.15) is 24.0 Å². The Morgan fingerprint density at radius 3 is 2.70 bits per heavy atom. The molecule has 0 bridgehead atoms. The smallest absolute Gasteiger partial charge is 0.124 e. The van der Waals surface area contributed by atoms with E-state index in [0.29, 0.717) is 11.5 Å². The quantitative estimate of drug-likeness (QED) is 0.846. The number of halogens is 1. The van der Waals surface area contributed by atoms with E-state index in [1.165, 1.54) is 6.07 Å². The van der Waals surface area contributed by atoms with E-state index in [2.05, 4.69) is 4.90 Å². The van der Waals surface area contributed by atoms with Gasteiger partial charge in [-0.05, 0) is 55.6 Å². The first kappa shape index (κ1) is 15.4. The Bertz CT molecular complexity index is 473. The molecule has 1 saturated heterocycles. The van der Waals surface area contributed by atoms with Crippen molar-refractivity contribution in [1.29, 1.82) is 0 Å². The van der Waals surface area contributed by atoms with Gasteiger partial charge in [0.15, 0.2) is 0 Å². The van der Waals surface area contributed by atoms with Crippen LogP contribution in [0.15, 0.2) is 18.2 Å². The zero-order valence-corrected chi connectivity index (χ0v) is 12.6. The third kappa shape index (κ3) is 4.23. The number of nitrogens with two attached hydrogens (primary N) is 1. The third-order valence-electron chi connectivity index (χ3n) is 3.76. The number of hydrogen-bond acceptors (Lipinski definition) is 3. The lowest BCUT2D eigenvalue weighted by Gasteiger charge is -2.31. The molecule has 0 unspecified atom stereocenters. The lowest BCUT2D eigenvalue weighted by molar-refractivity contribution is 0.0968. The minimum Gasteiger partial charge on any atom is -0.389 e. The Labute approximate surface area is 124 Å². The summed E-state index contributed by atoms with van der Waals surface area (Å²) in [5.41, 5.74) is 7.10. The van der Waals surface area contributed by atoms with Gasteiger partial charge >= 0.3 is 0 Å². The summed E-state index contributed by atoms with van der Waals surface area (Å²) in [6.07, 6.45) is 2.26. The van der Waals surface area contributed by atoms with E-state index in [0.717, 1.165) is 44.6 Å². The number of nitrogens with zero attached hydrogens (tertiary/aromatic N) is 1. The summed E-state index contributed by atoms with van der Waals surface area (Å²) in [5.74, 6) is 0.371. The van der Waals surface area contributed by atoms with Gasteiger partial charge in [0.1, 0.15) is 10.8 Å². The molecule has 0 aliphatic carbocycles. The van der Waals surface area contributed by atoms with Gasteiger partial charge in [-0.2, -0.15) is 0 Å². The second-order valence-corrected chi connectivity index (χ2v) is 5.83.